The van der Waals surface area contributed by atoms with E-state index >= 15 is 0 Å². The molecule has 0 aromatic carbocycles. The fraction of sp³-hybridized carbons (Fsp3) is 0.949. The van der Waals surface area contributed by atoms with Crippen LogP contribution in [-0.4, -0.2) is 96.7 Å². The van der Waals surface area contributed by atoms with Gasteiger partial charge in [0.25, 0.3) is 0 Å². The molecule has 0 saturated heterocycles. The number of esters is 4. The second-order valence-electron chi connectivity index (χ2n) is 30.1. The van der Waals surface area contributed by atoms with Crippen molar-refractivity contribution in [3.8, 4) is 0 Å². The molecule has 0 radical (unpaired) electrons. The van der Waals surface area contributed by atoms with Gasteiger partial charge in [-0.3, -0.25) is 37.3 Å². The van der Waals surface area contributed by atoms with E-state index in [1.54, 1.807) is 0 Å². The van der Waals surface area contributed by atoms with Crippen molar-refractivity contribution in [1.29, 1.82) is 0 Å². The molecular formula is C79H154O17P2. The van der Waals surface area contributed by atoms with Gasteiger partial charge in [-0.15, -0.1) is 0 Å². The molecule has 0 saturated carbocycles. The fourth-order valence-electron chi connectivity index (χ4n) is 12.0. The van der Waals surface area contributed by atoms with Gasteiger partial charge < -0.3 is 33.8 Å². The minimum atomic E-state index is -4.96. The van der Waals surface area contributed by atoms with Gasteiger partial charge in [0.05, 0.1) is 26.4 Å². The Morgan fingerprint density at radius 3 is 0.724 bits per heavy atom. The van der Waals surface area contributed by atoms with Crippen LogP contribution >= 0.6 is 15.6 Å². The lowest BCUT2D eigenvalue weighted by molar-refractivity contribution is -0.161. The van der Waals surface area contributed by atoms with Crippen molar-refractivity contribution in [2.24, 2.45) is 23.7 Å². The molecule has 0 spiro atoms. The largest absolute Gasteiger partial charge is 0.472 e. The molecule has 0 aliphatic rings. The molecule has 0 aromatic rings. The van der Waals surface area contributed by atoms with Crippen LogP contribution in [0.3, 0.4) is 0 Å². The molecule has 582 valence electrons. The molecule has 6 atom stereocenters. The minimum Gasteiger partial charge on any atom is -0.462 e. The summed E-state index contributed by atoms with van der Waals surface area (Å²) in [6.45, 7) is 14.2. The Kier molecular flexibility index (Phi) is 66.8. The first-order valence-electron chi connectivity index (χ1n) is 40.7. The molecule has 0 rings (SSSR count). The Bertz CT molecular complexity index is 1920. The molecule has 0 aliphatic heterocycles. The highest BCUT2D eigenvalue weighted by atomic mass is 31.2. The number of phosphoric ester groups is 2. The van der Waals surface area contributed by atoms with Crippen molar-refractivity contribution in [2.75, 3.05) is 39.6 Å². The summed E-state index contributed by atoms with van der Waals surface area (Å²) in [7, 11) is -9.92. The zero-order valence-electron chi connectivity index (χ0n) is 64.4. The van der Waals surface area contributed by atoms with Gasteiger partial charge >= 0.3 is 39.5 Å². The van der Waals surface area contributed by atoms with Crippen molar-refractivity contribution in [2.45, 2.75) is 420 Å². The van der Waals surface area contributed by atoms with Crippen molar-refractivity contribution < 1.29 is 80.2 Å². The second kappa shape index (κ2) is 68.2. The van der Waals surface area contributed by atoms with Gasteiger partial charge in [0.2, 0.25) is 0 Å². The Labute approximate surface area is 600 Å². The van der Waals surface area contributed by atoms with Gasteiger partial charge in [0.1, 0.15) is 19.3 Å². The van der Waals surface area contributed by atoms with E-state index in [-0.39, 0.29) is 25.7 Å². The summed E-state index contributed by atoms with van der Waals surface area (Å²) in [5.41, 5.74) is 0. The number of phosphoric acid groups is 2. The van der Waals surface area contributed by atoms with E-state index in [1.807, 2.05) is 0 Å². The maximum Gasteiger partial charge on any atom is 0.472 e. The first-order valence-corrected chi connectivity index (χ1v) is 43.7. The van der Waals surface area contributed by atoms with Crippen molar-refractivity contribution in [3.05, 3.63) is 0 Å². The minimum absolute atomic E-state index is 0.106. The summed E-state index contributed by atoms with van der Waals surface area (Å²) in [5, 5.41) is 10.6. The molecule has 0 aliphatic carbocycles. The third-order valence-electron chi connectivity index (χ3n) is 18.7. The van der Waals surface area contributed by atoms with Crippen molar-refractivity contribution in [1.82, 2.24) is 0 Å². The first-order chi connectivity index (χ1) is 47.1. The predicted octanol–water partition coefficient (Wildman–Crippen LogP) is 23.2. The number of carbonyl (C=O) groups excluding carboxylic acids is 4. The molecule has 17 nitrogen and oxygen atoms in total. The summed E-state index contributed by atoms with van der Waals surface area (Å²) in [6.07, 6.45) is 54.2. The van der Waals surface area contributed by atoms with Gasteiger partial charge in [0, 0.05) is 25.7 Å². The van der Waals surface area contributed by atoms with Crippen LogP contribution < -0.4 is 0 Å². The number of hydrogen-bond acceptors (Lipinski definition) is 15. The smallest absolute Gasteiger partial charge is 0.462 e. The number of carbonyl (C=O) groups is 4. The number of rotatable bonds is 76. The SMILES string of the molecule is CCC(C)CCCCCCCCCCCCC(=O)O[C@H](COC(=O)CCCCCCCCCCCCCCCCCCC(C)C)COP(=O)(O)OC[C@@H](O)COP(=O)(O)OC[C@@H](COC(=O)CCCCCCCCC(C)C)OC(=O)CCCCCCCCCCCCCCCC(C)C. The Hall–Kier alpha value is -1.94. The average Bonchev–Trinajstić information content (AvgIpc) is 1.04. The zero-order chi connectivity index (χ0) is 72.4. The standard InChI is InChI=1S/C79H154O17P2/c1-9-72(8)58-50-42-33-27-23-24-30-36-46-54-62-79(84)95-74(65-89-76(81)59-51-43-34-28-21-17-13-11-10-12-15-19-25-31-39-47-55-69(2)3)67-93-97(85,86)91-63-73(80)64-92-98(87,88)94-68-75(66-90-77(82)60-52-44-38-37-41-49-57-71(6)7)96-78(83)61-53-45-35-29-22-18-14-16-20-26-32-40-48-56-70(4)5/h69-75,80H,9-68H2,1-8H3,(H,85,86)(H,87,88)/t72?,73-,74-,75-/m1/s1. The molecule has 0 fully saturated rings. The van der Waals surface area contributed by atoms with E-state index in [0.29, 0.717) is 31.6 Å². The van der Waals surface area contributed by atoms with Gasteiger partial charge in [-0.05, 0) is 49.4 Å². The van der Waals surface area contributed by atoms with Crippen molar-refractivity contribution >= 4 is 39.5 Å². The van der Waals surface area contributed by atoms with E-state index in [4.69, 9.17) is 37.0 Å². The van der Waals surface area contributed by atoms with Crippen LogP contribution in [0.2, 0.25) is 0 Å². The lowest BCUT2D eigenvalue weighted by Crippen LogP contribution is -2.30. The molecule has 0 aromatic heterocycles. The third kappa shape index (κ3) is 71.1. The fourth-order valence-corrected chi connectivity index (χ4v) is 13.6. The van der Waals surface area contributed by atoms with E-state index in [2.05, 4.69) is 55.4 Å². The average molecular weight is 1440 g/mol. The van der Waals surface area contributed by atoms with E-state index < -0.39 is 97.5 Å². The quantitative estimate of drug-likeness (QED) is 0.0222. The van der Waals surface area contributed by atoms with E-state index in [9.17, 15) is 43.2 Å². The van der Waals surface area contributed by atoms with Crippen molar-refractivity contribution in [3.63, 3.8) is 0 Å². The number of aliphatic hydroxyl groups excluding tert-OH is 1. The van der Waals surface area contributed by atoms with Crippen LogP contribution in [0.4, 0.5) is 0 Å². The lowest BCUT2D eigenvalue weighted by atomic mass is 9.99. The summed E-state index contributed by atoms with van der Waals surface area (Å²) in [6, 6.07) is 0. The van der Waals surface area contributed by atoms with Gasteiger partial charge in [-0.25, -0.2) is 9.13 Å². The monoisotopic (exact) mass is 1440 g/mol. The molecule has 0 bridgehead atoms. The third-order valence-corrected chi connectivity index (χ3v) is 20.6. The van der Waals surface area contributed by atoms with Crippen LogP contribution in [-0.2, 0) is 65.4 Å². The van der Waals surface area contributed by atoms with Crippen LogP contribution in [0.25, 0.3) is 0 Å². The molecule has 19 heteroatoms. The first kappa shape index (κ1) is 96.1. The number of ether oxygens (including phenoxy) is 4. The molecule has 98 heavy (non-hydrogen) atoms. The van der Waals surface area contributed by atoms with E-state index in [1.165, 1.54) is 199 Å². The van der Waals surface area contributed by atoms with Gasteiger partial charge in [0.15, 0.2) is 12.2 Å². The number of hydrogen-bond donors (Lipinski definition) is 3. The van der Waals surface area contributed by atoms with E-state index in [0.717, 1.165) is 114 Å². The molecule has 0 heterocycles. The topological polar surface area (TPSA) is 237 Å². The predicted molar refractivity (Wildman–Crippen MR) is 400 cm³/mol. The zero-order valence-corrected chi connectivity index (χ0v) is 66.2. The molecule has 3 N–H and O–H groups in total. The lowest BCUT2D eigenvalue weighted by Gasteiger charge is -2.21. The number of unbranched alkanes of at least 4 members (excludes halogenated alkanes) is 41. The highest BCUT2D eigenvalue weighted by Gasteiger charge is 2.30. The summed E-state index contributed by atoms with van der Waals surface area (Å²) < 4.78 is 68.6. The highest BCUT2D eigenvalue weighted by Crippen LogP contribution is 2.45. The summed E-state index contributed by atoms with van der Waals surface area (Å²) in [4.78, 5) is 72.9. The number of aliphatic hydroxyl groups is 1. The van der Waals surface area contributed by atoms with Gasteiger partial charge in [-0.1, -0.05) is 351 Å². The van der Waals surface area contributed by atoms with Crippen LogP contribution in [0.15, 0.2) is 0 Å². The second-order valence-corrected chi connectivity index (χ2v) is 33.0. The van der Waals surface area contributed by atoms with Crippen LogP contribution in [0, 0.1) is 23.7 Å². The Morgan fingerprint density at radius 1 is 0.286 bits per heavy atom. The van der Waals surface area contributed by atoms with Gasteiger partial charge in [-0.2, -0.15) is 0 Å². The highest BCUT2D eigenvalue weighted by molar-refractivity contribution is 7.47. The summed E-state index contributed by atoms with van der Waals surface area (Å²) in [5.74, 6) is 0.963. The van der Waals surface area contributed by atoms with Crippen LogP contribution in [0.1, 0.15) is 402 Å². The molecular weight excluding hydrogens is 1280 g/mol. The maximum atomic E-state index is 13.1. The van der Waals surface area contributed by atoms with Crippen LogP contribution in [0.5, 0.6) is 0 Å². The molecule has 3 unspecified atom stereocenters. The normalized spacial score (nSPS) is 14.3. The Balaban J connectivity index is 5.22. The maximum absolute atomic E-state index is 13.1. The summed E-state index contributed by atoms with van der Waals surface area (Å²) >= 11 is 0. The molecule has 0 amide bonds. The Morgan fingerprint density at radius 2 is 0.490 bits per heavy atom.